The van der Waals surface area contributed by atoms with Crippen molar-refractivity contribution in [3.8, 4) is 11.5 Å². The molecular weight excluding hydrogens is 512 g/mol. The van der Waals surface area contributed by atoms with Crippen molar-refractivity contribution in [1.82, 2.24) is 0 Å². The molecule has 0 bridgehead atoms. The van der Waals surface area contributed by atoms with Gasteiger partial charge in [0.2, 0.25) is 0 Å². The van der Waals surface area contributed by atoms with Gasteiger partial charge in [-0.25, -0.2) is 14.4 Å². The second kappa shape index (κ2) is 12.6. The van der Waals surface area contributed by atoms with Crippen LogP contribution in [-0.2, 0) is 18.9 Å². The summed E-state index contributed by atoms with van der Waals surface area (Å²) in [5.74, 6) is 1.32. The molecule has 0 unspecified atom stereocenters. The van der Waals surface area contributed by atoms with E-state index in [1.54, 1.807) is 91.0 Å². The Kier molecular flexibility index (Phi) is 8.97. The molecule has 3 aromatic rings. The minimum absolute atomic E-state index is 0.231. The fraction of sp³-hybridized carbons (Fsp3) is 0.258. The average Bonchev–Trinajstić information content (AvgIpc) is 3.27. The maximum Gasteiger partial charge on any atom is 0.338 e. The summed E-state index contributed by atoms with van der Waals surface area (Å²) in [6, 6.07) is 25.5. The number of ether oxygens (including phenoxy) is 4. The molecule has 3 aromatic carbocycles. The van der Waals surface area contributed by atoms with Crippen LogP contribution in [-0.4, -0.2) is 57.0 Å². The Morgan fingerprint density at radius 1 is 0.692 bits per heavy atom. The van der Waals surface area contributed by atoms with E-state index < -0.39 is 50.4 Å². The van der Waals surface area contributed by atoms with Gasteiger partial charge in [0, 0.05) is 0 Å². The summed E-state index contributed by atoms with van der Waals surface area (Å²) in [5, 5.41) is 0. The quantitative estimate of drug-likeness (QED) is 0.181. The second-order valence-corrected chi connectivity index (χ2v) is 14.8. The fourth-order valence-electron chi connectivity index (χ4n) is 3.88. The molecule has 1 aliphatic rings. The Balaban J connectivity index is 1.63. The number of hydrogen-bond donors (Lipinski definition) is 0. The molecule has 200 valence electrons. The van der Waals surface area contributed by atoms with E-state index in [-0.39, 0.29) is 6.61 Å². The first-order valence-corrected chi connectivity index (χ1v) is 16.1. The lowest BCUT2D eigenvalue weighted by atomic mass is 10.1. The SMILES string of the molecule is C[Si](C)(C)C#C[C@@H]1O[C@H](COC(=O)c2ccccc2)[C@@H](OC(=O)c2ccccc2)[C@H]1OC(=O)c1ccccc1. The molecule has 1 saturated heterocycles. The van der Waals surface area contributed by atoms with Crippen LogP contribution >= 0.6 is 0 Å². The zero-order valence-corrected chi connectivity index (χ0v) is 23.0. The van der Waals surface area contributed by atoms with Crippen molar-refractivity contribution in [2.45, 2.75) is 44.1 Å². The summed E-state index contributed by atoms with van der Waals surface area (Å²) in [7, 11) is -1.84. The Morgan fingerprint density at radius 3 is 1.59 bits per heavy atom. The first-order chi connectivity index (χ1) is 18.7. The van der Waals surface area contributed by atoms with Gasteiger partial charge in [0.1, 0.15) is 20.8 Å². The summed E-state index contributed by atoms with van der Waals surface area (Å²) >= 11 is 0. The van der Waals surface area contributed by atoms with Crippen LogP contribution in [0.25, 0.3) is 0 Å². The molecule has 1 fully saturated rings. The van der Waals surface area contributed by atoms with Crippen LogP contribution in [0.4, 0.5) is 0 Å². The van der Waals surface area contributed by atoms with Gasteiger partial charge in [-0.05, 0) is 36.4 Å². The topological polar surface area (TPSA) is 88.1 Å². The first-order valence-electron chi connectivity index (χ1n) is 12.6. The number of carbonyl (C=O) groups excluding carboxylic acids is 3. The van der Waals surface area contributed by atoms with Crippen LogP contribution in [0.3, 0.4) is 0 Å². The third-order valence-corrected chi connectivity index (χ3v) is 6.69. The molecular formula is C31H30O7Si. The van der Waals surface area contributed by atoms with Gasteiger partial charge >= 0.3 is 17.9 Å². The van der Waals surface area contributed by atoms with E-state index in [0.29, 0.717) is 16.7 Å². The van der Waals surface area contributed by atoms with Gasteiger partial charge in [-0.15, -0.1) is 5.54 Å². The first kappa shape index (κ1) is 27.8. The van der Waals surface area contributed by atoms with Crippen LogP contribution in [0.1, 0.15) is 31.1 Å². The fourth-order valence-corrected chi connectivity index (χ4v) is 4.46. The summed E-state index contributed by atoms with van der Waals surface area (Å²) in [5.41, 5.74) is 4.28. The van der Waals surface area contributed by atoms with Crippen molar-refractivity contribution in [1.29, 1.82) is 0 Å². The van der Waals surface area contributed by atoms with Gasteiger partial charge < -0.3 is 18.9 Å². The van der Waals surface area contributed by atoms with Crippen LogP contribution in [0, 0.1) is 11.5 Å². The predicted octanol–water partition coefficient (Wildman–Crippen LogP) is 4.94. The molecule has 7 nitrogen and oxygen atoms in total. The molecule has 0 radical (unpaired) electrons. The van der Waals surface area contributed by atoms with Gasteiger partial charge in [0.25, 0.3) is 0 Å². The van der Waals surface area contributed by atoms with Crippen molar-refractivity contribution >= 4 is 26.0 Å². The molecule has 0 aliphatic carbocycles. The van der Waals surface area contributed by atoms with Gasteiger partial charge in [-0.2, -0.15) is 0 Å². The van der Waals surface area contributed by atoms with Crippen molar-refractivity contribution < 1.29 is 33.3 Å². The number of hydrogen-bond acceptors (Lipinski definition) is 7. The van der Waals surface area contributed by atoms with Crippen LogP contribution < -0.4 is 0 Å². The highest BCUT2D eigenvalue weighted by molar-refractivity contribution is 6.83. The smallest absolute Gasteiger partial charge is 0.338 e. The number of esters is 3. The molecule has 0 spiro atoms. The second-order valence-electron chi connectivity index (χ2n) is 10.1. The highest BCUT2D eigenvalue weighted by Gasteiger charge is 2.50. The monoisotopic (exact) mass is 542 g/mol. The lowest BCUT2D eigenvalue weighted by molar-refractivity contribution is -0.0437. The van der Waals surface area contributed by atoms with Crippen LogP contribution in [0.5, 0.6) is 0 Å². The van der Waals surface area contributed by atoms with Crippen LogP contribution in [0.15, 0.2) is 91.0 Å². The highest BCUT2D eigenvalue weighted by Crippen LogP contribution is 2.29. The van der Waals surface area contributed by atoms with E-state index >= 15 is 0 Å². The molecule has 0 N–H and O–H groups in total. The Labute approximate surface area is 229 Å². The molecule has 4 atom stereocenters. The van der Waals surface area contributed by atoms with Crippen molar-refractivity contribution in [2.24, 2.45) is 0 Å². The van der Waals surface area contributed by atoms with E-state index in [0.717, 1.165) is 0 Å². The molecule has 0 aromatic heterocycles. The van der Waals surface area contributed by atoms with Gasteiger partial charge in [-0.3, -0.25) is 0 Å². The van der Waals surface area contributed by atoms with Gasteiger partial charge in [0.15, 0.2) is 18.3 Å². The minimum Gasteiger partial charge on any atom is -0.459 e. The highest BCUT2D eigenvalue weighted by atomic mass is 28.3. The van der Waals surface area contributed by atoms with E-state index in [2.05, 4.69) is 31.1 Å². The summed E-state index contributed by atoms with van der Waals surface area (Å²) < 4.78 is 23.4. The van der Waals surface area contributed by atoms with E-state index in [1.165, 1.54) is 0 Å². The zero-order valence-electron chi connectivity index (χ0n) is 22.0. The van der Waals surface area contributed by atoms with Crippen molar-refractivity contribution in [3.63, 3.8) is 0 Å². The Bertz CT molecular complexity index is 1340. The van der Waals surface area contributed by atoms with Crippen molar-refractivity contribution in [3.05, 3.63) is 108 Å². The number of rotatable bonds is 7. The zero-order chi connectivity index (χ0) is 27.8. The van der Waals surface area contributed by atoms with E-state index in [4.69, 9.17) is 18.9 Å². The maximum atomic E-state index is 13.1. The summed E-state index contributed by atoms with van der Waals surface area (Å²) in [4.78, 5) is 38.8. The predicted molar refractivity (Wildman–Crippen MR) is 148 cm³/mol. The molecule has 0 amide bonds. The van der Waals surface area contributed by atoms with E-state index in [9.17, 15) is 14.4 Å². The third-order valence-electron chi connectivity index (χ3n) is 5.79. The van der Waals surface area contributed by atoms with Crippen LogP contribution in [0.2, 0.25) is 19.6 Å². The molecule has 4 rings (SSSR count). The largest absolute Gasteiger partial charge is 0.459 e. The normalized spacial score (nSPS) is 20.3. The summed E-state index contributed by atoms with van der Waals surface area (Å²) in [6.07, 6.45) is -3.93. The van der Waals surface area contributed by atoms with Gasteiger partial charge in [-0.1, -0.05) is 80.2 Å². The standard InChI is InChI=1S/C31H30O7Si/c1-39(2,3)20-19-25-27(37-30(33)23-15-9-5-10-16-23)28(38-31(34)24-17-11-6-12-18-24)26(36-25)21-35-29(32)22-13-7-4-8-14-22/h4-18,25-28H,21H2,1-3H3/t25-,26+,27-,28+/m0/s1. The Hall–Kier alpha value is -4.19. The molecule has 1 aliphatic heterocycles. The van der Waals surface area contributed by atoms with Gasteiger partial charge in [0.05, 0.1) is 16.7 Å². The maximum absolute atomic E-state index is 13.1. The number of benzene rings is 3. The average molecular weight is 543 g/mol. The lowest BCUT2D eigenvalue weighted by Gasteiger charge is -2.23. The Morgan fingerprint density at radius 2 is 1.13 bits per heavy atom. The third kappa shape index (κ3) is 7.66. The minimum atomic E-state index is -1.84. The molecule has 0 saturated carbocycles. The molecule has 8 heteroatoms. The number of carbonyl (C=O) groups is 3. The molecule has 1 heterocycles. The summed E-state index contributed by atoms with van der Waals surface area (Å²) in [6.45, 7) is 5.99. The molecule has 39 heavy (non-hydrogen) atoms. The van der Waals surface area contributed by atoms with Crippen molar-refractivity contribution in [2.75, 3.05) is 6.61 Å². The van der Waals surface area contributed by atoms with E-state index in [1.807, 2.05) is 0 Å². The lowest BCUT2D eigenvalue weighted by Crippen LogP contribution is -2.42.